The molecular weight excluding hydrogens is 290 g/mol. The first kappa shape index (κ1) is 18.1. The smallest absolute Gasteiger partial charge is 0.257 e. The standard InChI is InChI=1S/C13H27N5O2S/c1-4-7-14-10-12-11-15-17-13(12)21(19,20)16-8-9-18(5-2)6-3/h11,14,16H,4-10H2,1-3H3,(H,15,17). The van der Waals surface area contributed by atoms with Crippen LogP contribution in [0.15, 0.2) is 11.2 Å². The van der Waals surface area contributed by atoms with Gasteiger partial charge in [-0.1, -0.05) is 20.8 Å². The van der Waals surface area contributed by atoms with Gasteiger partial charge in [0.2, 0.25) is 0 Å². The summed E-state index contributed by atoms with van der Waals surface area (Å²) in [6.07, 6.45) is 2.56. The lowest BCUT2D eigenvalue weighted by Gasteiger charge is -2.17. The molecule has 0 aliphatic carbocycles. The number of nitrogens with one attached hydrogen (secondary N) is 3. The van der Waals surface area contributed by atoms with Gasteiger partial charge in [-0.05, 0) is 26.1 Å². The van der Waals surface area contributed by atoms with Gasteiger partial charge in [-0.25, -0.2) is 13.1 Å². The van der Waals surface area contributed by atoms with Crippen molar-refractivity contribution in [3.05, 3.63) is 11.8 Å². The van der Waals surface area contributed by atoms with E-state index >= 15 is 0 Å². The average molecular weight is 317 g/mol. The van der Waals surface area contributed by atoms with Crippen molar-refractivity contribution >= 4 is 10.0 Å². The van der Waals surface area contributed by atoms with Gasteiger partial charge in [0.25, 0.3) is 10.0 Å². The van der Waals surface area contributed by atoms with Crippen molar-refractivity contribution in [2.45, 2.75) is 38.8 Å². The highest BCUT2D eigenvalue weighted by Crippen LogP contribution is 2.11. The first-order valence-electron chi connectivity index (χ1n) is 7.50. The third-order valence-electron chi connectivity index (χ3n) is 3.30. The Morgan fingerprint density at radius 3 is 2.57 bits per heavy atom. The molecule has 0 amide bonds. The van der Waals surface area contributed by atoms with Crippen LogP contribution in [0.1, 0.15) is 32.8 Å². The molecule has 0 unspecified atom stereocenters. The molecule has 3 N–H and O–H groups in total. The van der Waals surface area contributed by atoms with Crippen LogP contribution in [0, 0.1) is 0 Å². The molecule has 1 heterocycles. The van der Waals surface area contributed by atoms with E-state index < -0.39 is 10.0 Å². The SMILES string of the molecule is CCCNCc1cn[nH]c1S(=O)(=O)NCCN(CC)CC. The number of H-pyrrole nitrogens is 1. The highest BCUT2D eigenvalue weighted by atomic mass is 32.2. The molecule has 0 atom stereocenters. The maximum atomic E-state index is 12.3. The summed E-state index contributed by atoms with van der Waals surface area (Å²) in [5.41, 5.74) is 0.666. The third-order valence-corrected chi connectivity index (χ3v) is 4.78. The van der Waals surface area contributed by atoms with Crippen LogP contribution in [0.4, 0.5) is 0 Å². The molecular formula is C13H27N5O2S. The molecule has 8 heteroatoms. The quantitative estimate of drug-likeness (QED) is 0.518. The van der Waals surface area contributed by atoms with Crippen LogP contribution >= 0.6 is 0 Å². The molecule has 1 aromatic rings. The molecule has 1 rings (SSSR count). The number of aromatic nitrogens is 2. The molecule has 0 saturated heterocycles. The van der Waals surface area contributed by atoms with E-state index in [1.165, 1.54) is 0 Å². The Kier molecular flexibility index (Phi) is 7.87. The van der Waals surface area contributed by atoms with Crippen LogP contribution in [0.3, 0.4) is 0 Å². The van der Waals surface area contributed by atoms with Gasteiger partial charge in [-0.3, -0.25) is 5.10 Å². The minimum atomic E-state index is -3.53. The van der Waals surface area contributed by atoms with E-state index in [0.29, 0.717) is 25.2 Å². The van der Waals surface area contributed by atoms with Crippen molar-refractivity contribution in [2.75, 3.05) is 32.7 Å². The van der Waals surface area contributed by atoms with Crippen molar-refractivity contribution in [3.63, 3.8) is 0 Å². The number of aromatic amines is 1. The second-order valence-corrected chi connectivity index (χ2v) is 6.53. The molecule has 0 spiro atoms. The fourth-order valence-electron chi connectivity index (χ4n) is 2.01. The number of hydrogen-bond acceptors (Lipinski definition) is 5. The Balaban J connectivity index is 2.60. The Morgan fingerprint density at radius 1 is 1.24 bits per heavy atom. The van der Waals surface area contributed by atoms with Crippen LogP contribution in [0.5, 0.6) is 0 Å². The lowest BCUT2D eigenvalue weighted by Crippen LogP contribution is -2.35. The zero-order chi connectivity index (χ0) is 15.7. The van der Waals surface area contributed by atoms with E-state index in [4.69, 9.17) is 0 Å². The molecule has 1 aromatic heterocycles. The molecule has 0 aromatic carbocycles. The van der Waals surface area contributed by atoms with Crippen molar-refractivity contribution in [1.82, 2.24) is 25.1 Å². The van der Waals surface area contributed by atoms with Crippen molar-refractivity contribution < 1.29 is 8.42 Å². The van der Waals surface area contributed by atoms with Crippen LogP contribution in [-0.4, -0.2) is 56.2 Å². The summed E-state index contributed by atoms with van der Waals surface area (Å²) in [4.78, 5) is 2.17. The zero-order valence-corrected chi connectivity index (χ0v) is 14.0. The summed E-state index contributed by atoms with van der Waals surface area (Å²) in [7, 11) is -3.53. The van der Waals surface area contributed by atoms with Crippen molar-refractivity contribution in [1.29, 1.82) is 0 Å². The van der Waals surface area contributed by atoms with Gasteiger partial charge in [-0.15, -0.1) is 0 Å². The predicted octanol–water partition coefficient (Wildman–Crippen LogP) is 0.529. The third kappa shape index (κ3) is 5.74. The maximum Gasteiger partial charge on any atom is 0.257 e. The zero-order valence-electron chi connectivity index (χ0n) is 13.1. The molecule has 0 aliphatic heterocycles. The summed E-state index contributed by atoms with van der Waals surface area (Å²) >= 11 is 0. The number of nitrogens with zero attached hydrogens (tertiary/aromatic N) is 2. The molecule has 122 valence electrons. The lowest BCUT2D eigenvalue weighted by molar-refractivity contribution is 0.309. The Morgan fingerprint density at radius 2 is 1.95 bits per heavy atom. The first-order chi connectivity index (χ1) is 10.0. The van der Waals surface area contributed by atoms with E-state index in [9.17, 15) is 8.42 Å². The van der Waals surface area contributed by atoms with E-state index in [1.54, 1.807) is 6.20 Å². The van der Waals surface area contributed by atoms with Gasteiger partial charge >= 0.3 is 0 Å². The molecule has 0 bridgehead atoms. The molecule has 0 saturated carbocycles. The van der Waals surface area contributed by atoms with Crippen LogP contribution < -0.4 is 10.0 Å². The van der Waals surface area contributed by atoms with Gasteiger partial charge in [-0.2, -0.15) is 5.10 Å². The minimum Gasteiger partial charge on any atom is -0.313 e. The molecule has 0 aliphatic rings. The van der Waals surface area contributed by atoms with Gasteiger partial charge in [0.15, 0.2) is 5.03 Å². The van der Waals surface area contributed by atoms with Gasteiger partial charge in [0.1, 0.15) is 0 Å². The summed E-state index contributed by atoms with van der Waals surface area (Å²) in [5, 5.41) is 9.77. The molecule has 0 fully saturated rings. The van der Waals surface area contributed by atoms with E-state index in [1.807, 2.05) is 0 Å². The number of hydrogen-bond donors (Lipinski definition) is 3. The summed E-state index contributed by atoms with van der Waals surface area (Å²) in [5.74, 6) is 0. The Hall–Kier alpha value is -0.960. The molecule has 21 heavy (non-hydrogen) atoms. The highest BCUT2D eigenvalue weighted by molar-refractivity contribution is 7.89. The van der Waals surface area contributed by atoms with Crippen molar-refractivity contribution in [2.24, 2.45) is 0 Å². The predicted molar refractivity (Wildman–Crippen MR) is 83.6 cm³/mol. The minimum absolute atomic E-state index is 0.158. The summed E-state index contributed by atoms with van der Waals surface area (Å²) in [6, 6.07) is 0. The van der Waals surface area contributed by atoms with E-state index in [0.717, 1.165) is 26.1 Å². The van der Waals surface area contributed by atoms with Gasteiger partial charge < -0.3 is 10.2 Å². The van der Waals surface area contributed by atoms with Crippen LogP contribution in [0.25, 0.3) is 0 Å². The highest BCUT2D eigenvalue weighted by Gasteiger charge is 2.20. The van der Waals surface area contributed by atoms with E-state index in [2.05, 4.69) is 45.9 Å². The fourth-order valence-corrected chi connectivity index (χ4v) is 3.16. The van der Waals surface area contributed by atoms with Crippen LogP contribution in [0.2, 0.25) is 0 Å². The summed E-state index contributed by atoms with van der Waals surface area (Å²) < 4.78 is 27.2. The second kappa shape index (κ2) is 9.14. The van der Waals surface area contributed by atoms with Crippen molar-refractivity contribution in [3.8, 4) is 0 Å². The fraction of sp³-hybridized carbons (Fsp3) is 0.769. The Labute approximate surface area is 127 Å². The second-order valence-electron chi connectivity index (χ2n) is 4.83. The lowest BCUT2D eigenvalue weighted by atomic mass is 10.3. The monoisotopic (exact) mass is 317 g/mol. The summed E-state index contributed by atoms with van der Waals surface area (Å²) in [6.45, 7) is 10.4. The number of sulfonamides is 1. The topological polar surface area (TPSA) is 90.1 Å². The van der Waals surface area contributed by atoms with Gasteiger partial charge in [0, 0.05) is 25.2 Å². The normalized spacial score (nSPS) is 12.2. The number of likely N-dealkylation sites (N-methyl/N-ethyl adjacent to an activating group) is 1. The first-order valence-corrected chi connectivity index (χ1v) is 8.98. The Bertz CT molecular complexity index is 496. The number of rotatable bonds is 11. The molecule has 0 radical (unpaired) electrons. The average Bonchev–Trinajstić information content (AvgIpc) is 2.93. The van der Waals surface area contributed by atoms with Crippen LogP contribution in [-0.2, 0) is 16.6 Å². The maximum absolute atomic E-state index is 12.3. The largest absolute Gasteiger partial charge is 0.313 e. The van der Waals surface area contributed by atoms with Gasteiger partial charge in [0.05, 0.1) is 6.20 Å². The van der Waals surface area contributed by atoms with E-state index in [-0.39, 0.29) is 5.03 Å². The molecule has 7 nitrogen and oxygen atoms in total.